The lowest BCUT2D eigenvalue weighted by Gasteiger charge is -2.09. The molecule has 0 aliphatic carbocycles. The summed E-state index contributed by atoms with van der Waals surface area (Å²) in [5.41, 5.74) is 2.51. The molecular weight excluding hydrogens is 260 g/mol. The topological polar surface area (TPSA) is 94.1 Å². The first-order valence-electron chi connectivity index (χ1n) is 6.31. The van der Waals surface area contributed by atoms with Crippen LogP contribution in [0.2, 0.25) is 0 Å². The Morgan fingerprint density at radius 1 is 1.45 bits per heavy atom. The Balaban J connectivity index is 2.55. The Kier molecular flexibility index (Phi) is 3.80. The van der Waals surface area contributed by atoms with Crippen LogP contribution in [0.15, 0.2) is 18.3 Å². The number of nitro benzene ring substituents is 1. The van der Waals surface area contributed by atoms with E-state index in [1.165, 1.54) is 10.7 Å². The molecule has 2 rings (SSSR count). The van der Waals surface area contributed by atoms with Crippen LogP contribution >= 0.6 is 0 Å². The number of aliphatic hydroxyl groups is 1. The highest BCUT2D eigenvalue weighted by Gasteiger charge is 2.19. The van der Waals surface area contributed by atoms with E-state index in [1.54, 1.807) is 19.2 Å². The van der Waals surface area contributed by atoms with Gasteiger partial charge in [-0.1, -0.05) is 18.2 Å². The second kappa shape index (κ2) is 5.38. The van der Waals surface area contributed by atoms with Crippen LogP contribution in [0.1, 0.15) is 36.3 Å². The smallest absolute Gasteiger partial charge is 0.274 e. The summed E-state index contributed by atoms with van der Waals surface area (Å²) in [4.78, 5) is 10.6. The molecule has 1 atom stereocenters. The predicted octanol–water partition coefficient (Wildman–Crippen LogP) is 2.24. The van der Waals surface area contributed by atoms with Gasteiger partial charge in [0.25, 0.3) is 5.69 Å². The van der Waals surface area contributed by atoms with Crippen molar-refractivity contribution in [3.8, 4) is 5.69 Å². The summed E-state index contributed by atoms with van der Waals surface area (Å²) in [5.74, 6) is 0. The van der Waals surface area contributed by atoms with Crippen molar-refractivity contribution in [2.75, 3.05) is 0 Å². The van der Waals surface area contributed by atoms with Gasteiger partial charge in [0.1, 0.15) is 5.69 Å². The van der Waals surface area contributed by atoms with E-state index in [4.69, 9.17) is 0 Å². The molecule has 1 unspecified atom stereocenters. The Morgan fingerprint density at radius 3 is 2.75 bits per heavy atom. The molecule has 0 saturated heterocycles. The summed E-state index contributed by atoms with van der Waals surface area (Å²) in [7, 11) is 0. The quantitative estimate of drug-likeness (QED) is 0.682. The molecule has 0 aliphatic heterocycles. The number of hydrogen-bond donors (Lipinski definition) is 1. The van der Waals surface area contributed by atoms with Gasteiger partial charge in [0, 0.05) is 6.07 Å². The molecule has 1 heterocycles. The van der Waals surface area contributed by atoms with Crippen LogP contribution in [-0.4, -0.2) is 25.0 Å². The zero-order chi connectivity index (χ0) is 14.9. The number of aromatic nitrogens is 3. The van der Waals surface area contributed by atoms with E-state index in [0.29, 0.717) is 23.4 Å². The van der Waals surface area contributed by atoms with Crippen LogP contribution < -0.4 is 0 Å². The third-order valence-electron chi connectivity index (χ3n) is 3.27. The Morgan fingerprint density at radius 2 is 2.15 bits per heavy atom. The van der Waals surface area contributed by atoms with Gasteiger partial charge in [0.15, 0.2) is 0 Å². The van der Waals surface area contributed by atoms with Gasteiger partial charge in [-0.25, -0.2) is 4.68 Å². The summed E-state index contributed by atoms with van der Waals surface area (Å²) in [5, 5.41) is 28.6. The molecule has 0 amide bonds. The highest BCUT2D eigenvalue weighted by atomic mass is 16.6. The first kappa shape index (κ1) is 14.1. The van der Waals surface area contributed by atoms with Crippen LogP contribution in [0, 0.1) is 24.0 Å². The Labute approximate surface area is 116 Å². The molecule has 20 heavy (non-hydrogen) atoms. The van der Waals surface area contributed by atoms with Crippen molar-refractivity contribution in [2.24, 2.45) is 0 Å². The van der Waals surface area contributed by atoms with Crippen molar-refractivity contribution in [2.45, 2.75) is 33.3 Å². The number of nitrogens with zero attached hydrogens (tertiary/aromatic N) is 4. The molecule has 7 heteroatoms. The summed E-state index contributed by atoms with van der Waals surface area (Å²) in [6, 6.07) is 3.16. The Hall–Kier alpha value is -2.28. The van der Waals surface area contributed by atoms with Crippen molar-refractivity contribution < 1.29 is 10.0 Å². The molecule has 0 spiro atoms. The zero-order valence-electron chi connectivity index (χ0n) is 11.6. The highest BCUT2D eigenvalue weighted by Crippen LogP contribution is 2.27. The standard InChI is InChI=1S/C13H16N4O3/c1-4-12(18)10-7-16(15-14-10)13-8(2)5-6-11(9(13)3)17(19)20/h5-7,12,18H,4H2,1-3H3. The van der Waals surface area contributed by atoms with Crippen LogP contribution in [0.3, 0.4) is 0 Å². The maximum atomic E-state index is 11.0. The maximum Gasteiger partial charge on any atom is 0.274 e. The van der Waals surface area contributed by atoms with E-state index in [1.807, 2.05) is 13.8 Å². The van der Waals surface area contributed by atoms with Crippen molar-refractivity contribution in [3.63, 3.8) is 0 Å². The van der Waals surface area contributed by atoms with E-state index in [9.17, 15) is 15.2 Å². The van der Waals surface area contributed by atoms with E-state index in [2.05, 4.69) is 10.3 Å². The lowest BCUT2D eigenvalue weighted by molar-refractivity contribution is -0.385. The van der Waals surface area contributed by atoms with E-state index in [0.717, 1.165) is 5.56 Å². The number of aryl methyl sites for hydroxylation is 1. The van der Waals surface area contributed by atoms with Gasteiger partial charge in [0.2, 0.25) is 0 Å². The molecule has 0 aliphatic rings. The molecule has 1 N–H and O–H groups in total. The molecule has 0 saturated carbocycles. The van der Waals surface area contributed by atoms with Crippen LogP contribution in [-0.2, 0) is 0 Å². The Bertz CT molecular complexity index is 651. The largest absolute Gasteiger partial charge is 0.387 e. The van der Waals surface area contributed by atoms with Gasteiger partial charge in [-0.15, -0.1) is 5.10 Å². The third-order valence-corrected chi connectivity index (χ3v) is 3.27. The molecular formula is C13H16N4O3. The zero-order valence-corrected chi connectivity index (χ0v) is 11.6. The number of rotatable bonds is 4. The van der Waals surface area contributed by atoms with Crippen molar-refractivity contribution in [1.29, 1.82) is 0 Å². The van der Waals surface area contributed by atoms with Gasteiger partial charge in [-0.2, -0.15) is 0 Å². The molecule has 1 aromatic carbocycles. The second-order valence-electron chi connectivity index (χ2n) is 4.64. The van der Waals surface area contributed by atoms with E-state index < -0.39 is 11.0 Å². The lowest BCUT2D eigenvalue weighted by atomic mass is 10.1. The minimum absolute atomic E-state index is 0.0405. The van der Waals surface area contributed by atoms with Gasteiger partial charge in [-0.3, -0.25) is 10.1 Å². The fourth-order valence-corrected chi connectivity index (χ4v) is 2.12. The monoisotopic (exact) mass is 276 g/mol. The average Bonchev–Trinajstić information content (AvgIpc) is 2.87. The van der Waals surface area contributed by atoms with E-state index in [-0.39, 0.29) is 5.69 Å². The number of nitro groups is 1. The van der Waals surface area contributed by atoms with Gasteiger partial charge >= 0.3 is 0 Å². The molecule has 7 nitrogen and oxygen atoms in total. The molecule has 0 fully saturated rings. The molecule has 0 bridgehead atoms. The summed E-state index contributed by atoms with van der Waals surface area (Å²) in [6.45, 7) is 5.37. The molecule has 2 aromatic rings. The predicted molar refractivity (Wildman–Crippen MR) is 72.7 cm³/mol. The highest BCUT2D eigenvalue weighted by molar-refractivity contribution is 5.56. The summed E-state index contributed by atoms with van der Waals surface area (Å²) < 4.78 is 1.48. The average molecular weight is 276 g/mol. The van der Waals surface area contributed by atoms with Gasteiger partial charge in [-0.05, 0) is 25.8 Å². The fraction of sp³-hybridized carbons (Fsp3) is 0.385. The first-order valence-corrected chi connectivity index (χ1v) is 6.31. The SMILES string of the molecule is CCC(O)c1cn(-c2c(C)ccc([N+](=O)[O-])c2C)nn1. The normalized spacial score (nSPS) is 12.4. The number of hydrogen-bond acceptors (Lipinski definition) is 5. The molecule has 1 aromatic heterocycles. The molecule has 106 valence electrons. The number of aliphatic hydroxyl groups excluding tert-OH is 1. The van der Waals surface area contributed by atoms with Crippen molar-refractivity contribution in [3.05, 3.63) is 45.3 Å². The van der Waals surface area contributed by atoms with Gasteiger partial charge in [0.05, 0.1) is 28.5 Å². The third kappa shape index (κ3) is 2.39. The molecule has 0 radical (unpaired) electrons. The van der Waals surface area contributed by atoms with Crippen LogP contribution in [0.25, 0.3) is 5.69 Å². The van der Waals surface area contributed by atoms with Crippen molar-refractivity contribution in [1.82, 2.24) is 15.0 Å². The number of benzene rings is 1. The van der Waals surface area contributed by atoms with Crippen LogP contribution in [0.4, 0.5) is 5.69 Å². The first-order chi connectivity index (χ1) is 9.45. The van der Waals surface area contributed by atoms with Crippen molar-refractivity contribution >= 4 is 5.69 Å². The summed E-state index contributed by atoms with van der Waals surface area (Å²) in [6.07, 6.45) is 1.46. The van der Waals surface area contributed by atoms with Gasteiger partial charge < -0.3 is 5.11 Å². The minimum Gasteiger partial charge on any atom is -0.387 e. The lowest BCUT2D eigenvalue weighted by Crippen LogP contribution is -2.04. The van der Waals surface area contributed by atoms with E-state index >= 15 is 0 Å². The minimum atomic E-state index is -0.678. The fourth-order valence-electron chi connectivity index (χ4n) is 2.12. The second-order valence-corrected chi connectivity index (χ2v) is 4.64. The maximum absolute atomic E-state index is 11.0. The van der Waals surface area contributed by atoms with Crippen LogP contribution in [0.5, 0.6) is 0 Å². The summed E-state index contributed by atoms with van der Waals surface area (Å²) >= 11 is 0.